The molecule has 0 radical (unpaired) electrons. The van der Waals surface area contributed by atoms with Gasteiger partial charge in [0.25, 0.3) is 5.91 Å². The third-order valence-corrected chi connectivity index (χ3v) is 5.62. The number of carbonyl (C=O) groups excluding carboxylic acids is 1. The molecule has 0 saturated heterocycles. The van der Waals surface area contributed by atoms with Gasteiger partial charge in [-0.05, 0) is 43.4 Å². The van der Waals surface area contributed by atoms with Crippen molar-refractivity contribution in [1.82, 2.24) is 14.8 Å². The van der Waals surface area contributed by atoms with Crippen LogP contribution in [-0.4, -0.2) is 34.9 Å². The first-order valence-corrected chi connectivity index (χ1v) is 8.67. The van der Waals surface area contributed by atoms with Gasteiger partial charge in [0.15, 0.2) is 0 Å². The lowest BCUT2D eigenvalue weighted by molar-refractivity contribution is -0.0763. The van der Waals surface area contributed by atoms with Crippen LogP contribution in [0.2, 0.25) is 10.0 Å². The number of fused-ring (bicyclic) bond motifs is 5. The van der Waals surface area contributed by atoms with Gasteiger partial charge in [0.1, 0.15) is 5.69 Å². The van der Waals surface area contributed by atoms with Crippen molar-refractivity contribution in [2.24, 2.45) is 0 Å². The van der Waals surface area contributed by atoms with Crippen LogP contribution >= 0.6 is 23.2 Å². The fourth-order valence-electron chi connectivity index (χ4n) is 3.91. The number of benzene rings is 1. The SMILES string of the molecule is CON(C)C(=O)c1c2c(nn1-c1ccc(Cl)cc1Cl)C1CCC2C1. The first-order chi connectivity index (χ1) is 11.5. The number of nitrogens with zero attached hydrogens (tertiary/aromatic N) is 3. The molecule has 2 aliphatic rings. The summed E-state index contributed by atoms with van der Waals surface area (Å²) in [5, 5.41) is 6.99. The van der Waals surface area contributed by atoms with Crippen LogP contribution in [0.5, 0.6) is 0 Å². The van der Waals surface area contributed by atoms with Gasteiger partial charge in [-0.3, -0.25) is 9.63 Å². The van der Waals surface area contributed by atoms with E-state index in [1.165, 1.54) is 12.2 Å². The third kappa shape index (κ3) is 2.26. The topological polar surface area (TPSA) is 47.4 Å². The van der Waals surface area contributed by atoms with E-state index < -0.39 is 0 Å². The van der Waals surface area contributed by atoms with E-state index in [4.69, 9.17) is 33.1 Å². The number of hydrogen-bond acceptors (Lipinski definition) is 3. The third-order valence-electron chi connectivity index (χ3n) is 5.08. The van der Waals surface area contributed by atoms with Crippen molar-refractivity contribution in [3.05, 3.63) is 45.2 Å². The first-order valence-electron chi connectivity index (χ1n) is 7.91. The summed E-state index contributed by atoms with van der Waals surface area (Å²) in [5.41, 5.74) is 3.30. The maximum Gasteiger partial charge on any atom is 0.296 e. The van der Waals surface area contributed by atoms with Crippen LogP contribution in [0, 0.1) is 0 Å². The lowest BCUT2D eigenvalue weighted by atomic mass is 9.95. The van der Waals surface area contributed by atoms with E-state index in [0.29, 0.717) is 33.3 Å². The molecule has 2 aromatic rings. The normalized spacial score (nSPS) is 21.2. The summed E-state index contributed by atoms with van der Waals surface area (Å²) >= 11 is 12.4. The average Bonchev–Trinajstić information content (AvgIpc) is 3.24. The minimum Gasteiger partial charge on any atom is -0.274 e. The van der Waals surface area contributed by atoms with Crippen LogP contribution < -0.4 is 0 Å². The van der Waals surface area contributed by atoms with Crippen molar-refractivity contribution < 1.29 is 9.63 Å². The van der Waals surface area contributed by atoms with Gasteiger partial charge in [0.2, 0.25) is 0 Å². The van der Waals surface area contributed by atoms with Crippen molar-refractivity contribution >= 4 is 29.1 Å². The Bertz CT molecular complexity index is 833. The van der Waals surface area contributed by atoms with Gasteiger partial charge in [0.05, 0.1) is 23.5 Å². The molecule has 0 N–H and O–H groups in total. The maximum atomic E-state index is 12.9. The summed E-state index contributed by atoms with van der Waals surface area (Å²) in [5.74, 6) is 0.621. The van der Waals surface area contributed by atoms with Crippen LogP contribution in [0.4, 0.5) is 0 Å². The Kier molecular flexibility index (Phi) is 3.82. The highest BCUT2D eigenvalue weighted by Crippen LogP contribution is 2.54. The van der Waals surface area contributed by atoms with Gasteiger partial charge in [-0.1, -0.05) is 23.2 Å². The Hall–Kier alpha value is -1.56. The number of hydroxylamine groups is 2. The zero-order valence-corrected chi connectivity index (χ0v) is 14.9. The second-order valence-electron chi connectivity index (χ2n) is 6.35. The number of rotatable bonds is 3. The van der Waals surface area contributed by atoms with Crippen LogP contribution in [0.1, 0.15) is 52.8 Å². The van der Waals surface area contributed by atoms with Crippen molar-refractivity contribution in [2.75, 3.05) is 14.2 Å². The summed E-state index contributed by atoms with van der Waals surface area (Å²) in [6, 6.07) is 5.20. The molecule has 2 bridgehead atoms. The van der Waals surface area contributed by atoms with Gasteiger partial charge in [-0.25, -0.2) is 9.75 Å². The summed E-state index contributed by atoms with van der Waals surface area (Å²) in [4.78, 5) is 18.0. The molecule has 0 aliphatic heterocycles. The molecule has 2 unspecified atom stereocenters. The molecule has 1 amide bonds. The van der Waals surface area contributed by atoms with Crippen molar-refractivity contribution in [3.8, 4) is 5.69 Å². The monoisotopic (exact) mass is 365 g/mol. The second-order valence-corrected chi connectivity index (χ2v) is 7.19. The number of carbonyl (C=O) groups is 1. The van der Waals surface area contributed by atoms with E-state index in [1.807, 2.05) is 0 Å². The van der Waals surface area contributed by atoms with Gasteiger partial charge in [0, 0.05) is 23.6 Å². The molecule has 1 saturated carbocycles. The molecule has 1 heterocycles. The van der Waals surface area contributed by atoms with Gasteiger partial charge >= 0.3 is 0 Å². The van der Waals surface area contributed by atoms with E-state index >= 15 is 0 Å². The molecule has 24 heavy (non-hydrogen) atoms. The van der Waals surface area contributed by atoms with Crippen LogP contribution in [0.3, 0.4) is 0 Å². The van der Waals surface area contributed by atoms with Crippen molar-refractivity contribution in [1.29, 1.82) is 0 Å². The minimum absolute atomic E-state index is 0.218. The molecule has 1 aromatic heterocycles. The quantitative estimate of drug-likeness (QED) is 0.766. The Morgan fingerprint density at radius 2 is 2.08 bits per heavy atom. The molecule has 1 fully saturated rings. The van der Waals surface area contributed by atoms with Crippen LogP contribution in [0.15, 0.2) is 18.2 Å². The molecule has 7 heteroatoms. The number of hydrogen-bond donors (Lipinski definition) is 0. The van der Waals surface area contributed by atoms with E-state index in [0.717, 1.165) is 30.5 Å². The molecule has 5 nitrogen and oxygen atoms in total. The van der Waals surface area contributed by atoms with E-state index in [1.54, 1.807) is 29.9 Å². The Morgan fingerprint density at radius 1 is 1.33 bits per heavy atom. The zero-order chi connectivity index (χ0) is 17.0. The number of aromatic nitrogens is 2. The van der Waals surface area contributed by atoms with Crippen LogP contribution in [0.25, 0.3) is 5.69 Å². The Labute approximate surface area is 150 Å². The molecule has 126 valence electrons. The molecule has 4 rings (SSSR count). The molecule has 0 spiro atoms. The van der Waals surface area contributed by atoms with E-state index in [9.17, 15) is 4.79 Å². The van der Waals surface area contributed by atoms with Crippen molar-refractivity contribution in [3.63, 3.8) is 0 Å². The highest BCUT2D eigenvalue weighted by Gasteiger charge is 2.44. The largest absolute Gasteiger partial charge is 0.296 e. The molecule has 2 aliphatic carbocycles. The predicted octanol–water partition coefficient (Wildman–Crippen LogP) is 4.18. The zero-order valence-electron chi connectivity index (χ0n) is 13.4. The minimum atomic E-state index is -0.218. The molecular formula is C17H17Cl2N3O2. The summed E-state index contributed by atoms with van der Waals surface area (Å²) in [6.07, 6.45) is 3.33. The lowest BCUT2D eigenvalue weighted by Crippen LogP contribution is -2.29. The Morgan fingerprint density at radius 3 is 2.79 bits per heavy atom. The smallest absolute Gasteiger partial charge is 0.274 e. The summed E-state index contributed by atoms with van der Waals surface area (Å²) in [7, 11) is 3.07. The van der Waals surface area contributed by atoms with E-state index in [2.05, 4.69) is 0 Å². The molecule has 1 aromatic carbocycles. The van der Waals surface area contributed by atoms with Gasteiger partial charge in [-0.15, -0.1) is 0 Å². The average molecular weight is 366 g/mol. The van der Waals surface area contributed by atoms with Gasteiger partial charge in [-0.2, -0.15) is 5.10 Å². The fourth-order valence-corrected chi connectivity index (χ4v) is 4.40. The Balaban J connectivity index is 1.93. The number of amides is 1. The van der Waals surface area contributed by atoms with Gasteiger partial charge < -0.3 is 0 Å². The second kappa shape index (κ2) is 5.76. The summed E-state index contributed by atoms with van der Waals surface area (Å²) < 4.78 is 1.66. The fraction of sp³-hybridized carbons (Fsp3) is 0.412. The number of halogens is 2. The standard InChI is InChI=1S/C17H17Cl2N3O2/c1-21(24-2)17(23)16-14-9-3-4-10(7-9)15(14)20-22(16)13-6-5-11(18)8-12(13)19/h5-6,8-10H,3-4,7H2,1-2H3. The first kappa shape index (κ1) is 15.9. The van der Waals surface area contributed by atoms with Crippen LogP contribution in [-0.2, 0) is 4.84 Å². The highest BCUT2D eigenvalue weighted by molar-refractivity contribution is 6.35. The van der Waals surface area contributed by atoms with E-state index in [-0.39, 0.29) is 5.91 Å². The molecule has 2 atom stereocenters. The molecular weight excluding hydrogens is 349 g/mol. The summed E-state index contributed by atoms with van der Waals surface area (Å²) in [6.45, 7) is 0. The van der Waals surface area contributed by atoms with Crippen molar-refractivity contribution in [2.45, 2.75) is 31.1 Å². The predicted molar refractivity (Wildman–Crippen MR) is 92.0 cm³/mol. The maximum absolute atomic E-state index is 12.9. The lowest BCUT2D eigenvalue weighted by Gasteiger charge is -2.18. The highest BCUT2D eigenvalue weighted by atomic mass is 35.5.